The highest BCUT2D eigenvalue weighted by Gasteiger charge is 2.29. The number of carbonyl (C=O) groups is 1. The summed E-state index contributed by atoms with van der Waals surface area (Å²) in [4.78, 5) is 18.9. The largest absolute Gasteiger partial charge is 0.497 e. The number of benzene rings is 3. The van der Waals surface area contributed by atoms with Crippen LogP contribution in [0.5, 0.6) is 17.2 Å². The number of hydrogen-bond donors (Lipinski definition) is 1. The maximum Gasteiger partial charge on any atom is 0.243 e. The first-order valence-electron chi connectivity index (χ1n) is 13.5. The molecule has 0 aliphatic carbocycles. The van der Waals surface area contributed by atoms with Crippen molar-refractivity contribution in [3.8, 4) is 17.2 Å². The van der Waals surface area contributed by atoms with E-state index in [0.29, 0.717) is 30.2 Å². The van der Waals surface area contributed by atoms with Crippen molar-refractivity contribution in [2.75, 3.05) is 54.7 Å². The molecule has 0 spiro atoms. The lowest BCUT2D eigenvalue weighted by Gasteiger charge is -2.27. The molecule has 0 radical (unpaired) electrons. The Morgan fingerprint density at radius 2 is 1.60 bits per heavy atom. The molecule has 0 aliphatic heterocycles. The monoisotopic (exact) mass is 595 g/mol. The molecule has 0 atom stereocenters. The van der Waals surface area contributed by atoms with Crippen LogP contribution in [0, 0.1) is 0 Å². The number of hydrogen-bond acceptors (Lipinski definition) is 7. The van der Waals surface area contributed by atoms with Crippen LogP contribution in [-0.4, -0.2) is 83.2 Å². The summed E-state index contributed by atoms with van der Waals surface area (Å²) >= 11 is 0. The molecule has 0 bridgehead atoms. The van der Waals surface area contributed by atoms with E-state index in [-0.39, 0.29) is 37.0 Å². The molecule has 224 valence electrons. The van der Waals surface area contributed by atoms with E-state index in [0.717, 1.165) is 26.3 Å². The fourth-order valence-electron chi connectivity index (χ4n) is 4.71. The SMILES string of the molecule is COCCN(CC(=O)N(CCc1c[nH]c2ccccc12)Cc1ccc(OC)c(OC)c1)S(=O)(=O)c1ccc(OC)cc1. The van der Waals surface area contributed by atoms with Gasteiger partial charge < -0.3 is 28.8 Å². The van der Waals surface area contributed by atoms with Crippen molar-refractivity contribution in [3.63, 3.8) is 0 Å². The highest BCUT2D eigenvalue weighted by Crippen LogP contribution is 2.28. The second-order valence-corrected chi connectivity index (χ2v) is 11.6. The Kier molecular flexibility index (Phi) is 10.5. The number of fused-ring (bicyclic) bond motifs is 1. The number of amides is 1. The lowest BCUT2D eigenvalue weighted by molar-refractivity contribution is -0.132. The number of carbonyl (C=O) groups excluding carboxylic acids is 1. The Hall–Kier alpha value is -4.06. The van der Waals surface area contributed by atoms with Crippen LogP contribution < -0.4 is 14.2 Å². The van der Waals surface area contributed by atoms with E-state index in [1.54, 1.807) is 37.3 Å². The summed E-state index contributed by atoms with van der Waals surface area (Å²) in [5.74, 6) is 1.32. The minimum atomic E-state index is -4.00. The zero-order valence-corrected chi connectivity index (χ0v) is 25.1. The molecular formula is C31H37N3O7S. The second kappa shape index (κ2) is 14.2. The van der Waals surface area contributed by atoms with Crippen molar-refractivity contribution in [1.29, 1.82) is 0 Å². The van der Waals surface area contributed by atoms with Crippen molar-refractivity contribution in [2.24, 2.45) is 0 Å². The zero-order valence-electron chi connectivity index (χ0n) is 24.3. The van der Waals surface area contributed by atoms with Crippen LogP contribution in [0.4, 0.5) is 0 Å². The van der Waals surface area contributed by atoms with Crippen LogP contribution in [0.1, 0.15) is 11.1 Å². The van der Waals surface area contributed by atoms with Gasteiger partial charge in [0.05, 0.1) is 39.4 Å². The molecule has 11 heteroatoms. The van der Waals surface area contributed by atoms with Crippen molar-refractivity contribution < 1.29 is 32.2 Å². The number of rotatable bonds is 15. The van der Waals surface area contributed by atoms with Gasteiger partial charge in [0, 0.05) is 43.8 Å². The summed E-state index contributed by atoms with van der Waals surface area (Å²) in [6.45, 7) is 0.424. The van der Waals surface area contributed by atoms with Crippen LogP contribution in [0.15, 0.2) is 77.8 Å². The first-order chi connectivity index (χ1) is 20.3. The van der Waals surface area contributed by atoms with Gasteiger partial charge in [0.15, 0.2) is 11.5 Å². The molecule has 0 unspecified atom stereocenters. The molecule has 4 aromatic rings. The smallest absolute Gasteiger partial charge is 0.243 e. The normalized spacial score (nSPS) is 11.5. The van der Waals surface area contributed by atoms with Crippen molar-refractivity contribution in [1.82, 2.24) is 14.2 Å². The van der Waals surface area contributed by atoms with E-state index < -0.39 is 10.0 Å². The van der Waals surface area contributed by atoms with E-state index in [4.69, 9.17) is 18.9 Å². The van der Waals surface area contributed by atoms with Crippen molar-refractivity contribution >= 4 is 26.8 Å². The highest BCUT2D eigenvalue weighted by molar-refractivity contribution is 7.89. The lowest BCUT2D eigenvalue weighted by atomic mass is 10.1. The van der Waals surface area contributed by atoms with E-state index in [2.05, 4.69) is 4.98 Å². The molecule has 1 aromatic heterocycles. The third-order valence-corrected chi connectivity index (χ3v) is 8.91. The van der Waals surface area contributed by atoms with Gasteiger partial charge >= 0.3 is 0 Å². The summed E-state index contributed by atoms with van der Waals surface area (Å²) in [6, 6.07) is 19.5. The third kappa shape index (κ3) is 7.22. The predicted octanol–water partition coefficient (Wildman–Crippen LogP) is 4.10. The molecule has 42 heavy (non-hydrogen) atoms. The fraction of sp³-hybridized carbons (Fsp3) is 0.323. The van der Waals surface area contributed by atoms with Gasteiger partial charge in [-0.05, 0) is 60.0 Å². The second-order valence-electron chi connectivity index (χ2n) is 9.62. The number of nitrogens with zero attached hydrogens (tertiary/aromatic N) is 2. The number of ether oxygens (including phenoxy) is 4. The molecule has 1 heterocycles. The fourth-order valence-corrected chi connectivity index (χ4v) is 6.08. The number of nitrogens with one attached hydrogen (secondary N) is 1. The lowest BCUT2D eigenvalue weighted by Crippen LogP contribution is -2.44. The predicted molar refractivity (Wildman–Crippen MR) is 161 cm³/mol. The van der Waals surface area contributed by atoms with Gasteiger partial charge in [-0.3, -0.25) is 4.79 Å². The minimum Gasteiger partial charge on any atom is -0.497 e. The van der Waals surface area contributed by atoms with Gasteiger partial charge in [-0.2, -0.15) is 4.31 Å². The van der Waals surface area contributed by atoms with Crippen LogP contribution >= 0.6 is 0 Å². The third-order valence-electron chi connectivity index (χ3n) is 7.05. The average molecular weight is 596 g/mol. The molecule has 10 nitrogen and oxygen atoms in total. The molecule has 0 fully saturated rings. The van der Waals surface area contributed by atoms with Crippen LogP contribution in [0.25, 0.3) is 10.9 Å². The average Bonchev–Trinajstić information content (AvgIpc) is 3.43. The molecular weight excluding hydrogens is 558 g/mol. The maximum atomic E-state index is 13.9. The molecule has 4 rings (SSSR count). The Bertz CT molecular complexity index is 1590. The number of para-hydroxylation sites is 1. The number of methoxy groups -OCH3 is 4. The Morgan fingerprint density at radius 3 is 2.29 bits per heavy atom. The van der Waals surface area contributed by atoms with Gasteiger partial charge in [-0.1, -0.05) is 24.3 Å². The molecule has 0 saturated carbocycles. The van der Waals surface area contributed by atoms with E-state index in [1.165, 1.54) is 26.4 Å². The first kappa shape index (κ1) is 30.9. The van der Waals surface area contributed by atoms with E-state index in [1.807, 2.05) is 42.6 Å². The van der Waals surface area contributed by atoms with Gasteiger partial charge in [0.25, 0.3) is 0 Å². The van der Waals surface area contributed by atoms with E-state index in [9.17, 15) is 13.2 Å². The van der Waals surface area contributed by atoms with Crippen molar-refractivity contribution in [3.05, 3.63) is 84.1 Å². The van der Waals surface area contributed by atoms with Gasteiger partial charge in [-0.15, -0.1) is 0 Å². The van der Waals surface area contributed by atoms with Gasteiger partial charge in [-0.25, -0.2) is 8.42 Å². The van der Waals surface area contributed by atoms with Gasteiger partial charge in [0.2, 0.25) is 15.9 Å². The first-order valence-corrected chi connectivity index (χ1v) is 14.9. The zero-order chi connectivity index (χ0) is 30.1. The number of aromatic amines is 1. The van der Waals surface area contributed by atoms with Crippen LogP contribution in [0.3, 0.4) is 0 Å². The quantitative estimate of drug-likeness (QED) is 0.220. The minimum absolute atomic E-state index is 0.0171. The summed E-state index contributed by atoms with van der Waals surface area (Å²) in [5.41, 5.74) is 2.90. The number of H-pyrrole nitrogens is 1. The molecule has 1 N–H and O–H groups in total. The summed E-state index contributed by atoms with van der Waals surface area (Å²) in [5, 5.41) is 1.08. The molecule has 0 aliphatic rings. The Labute approximate surface area is 246 Å². The standard InChI is InChI=1S/C31H37N3O7S/c1-38-18-17-34(42(36,37)26-12-10-25(39-2)11-13-26)22-31(35)33(21-23-9-14-29(40-3)30(19-23)41-4)16-15-24-20-32-28-8-6-5-7-27(24)28/h5-14,19-20,32H,15-18,21-22H2,1-4H3. The number of aromatic nitrogens is 1. The maximum absolute atomic E-state index is 13.9. The Morgan fingerprint density at radius 1 is 0.857 bits per heavy atom. The van der Waals surface area contributed by atoms with E-state index >= 15 is 0 Å². The molecule has 0 saturated heterocycles. The highest BCUT2D eigenvalue weighted by atomic mass is 32.2. The van der Waals surface area contributed by atoms with Crippen molar-refractivity contribution in [2.45, 2.75) is 17.9 Å². The molecule has 3 aromatic carbocycles. The Balaban J connectivity index is 1.61. The van der Waals surface area contributed by atoms with Crippen LogP contribution in [-0.2, 0) is 32.5 Å². The topological polar surface area (TPSA) is 110 Å². The van der Waals surface area contributed by atoms with Crippen LogP contribution in [0.2, 0.25) is 0 Å². The van der Waals surface area contributed by atoms with Gasteiger partial charge in [0.1, 0.15) is 5.75 Å². The summed E-state index contributed by atoms with van der Waals surface area (Å²) in [6.07, 6.45) is 2.52. The summed E-state index contributed by atoms with van der Waals surface area (Å²) < 4.78 is 49.6. The number of sulfonamides is 1. The summed E-state index contributed by atoms with van der Waals surface area (Å²) in [7, 11) is 2.12. The molecule has 1 amide bonds.